The van der Waals surface area contributed by atoms with Gasteiger partial charge in [0.1, 0.15) is 12.3 Å². The molecule has 0 unspecified atom stereocenters. The van der Waals surface area contributed by atoms with Crippen LogP contribution in [-0.2, 0) is 4.79 Å². The summed E-state index contributed by atoms with van der Waals surface area (Å²) in [6, 6.07) is 7.11. The third-order valence-electron chi connectivity index (χ3n) is 1.94. The van der Waals surface area contributed by atoms with Gasteiger partial charge in [-0.25, -0.2) is 0 Å². The third kappa shape index (κ3) is 4.25. The van der Waals surface area contributed by atoms with Gasteiger partial charge in [0, 0.05) is 10.6 Å². The summed E-state index contributed by atoms with van der Waals surface area (Å²) in [7, 11) is 1.57. The summed E-state index contributed by atoms with van der Waals surface area (Å²) in [5.74, 6) is 0.719. The molecule has 1 amide bonds. The smallest absolute Gasteiger partial charge is 0.231 e. The van der Waals surface area contributed by atoms with E-state index in [4.69, 9.17) is 15.7 Å². The number of carbonyl (C=O) groups excluding carboxylic acids is 1. The Kier molecular flexibility index (Phi) is 5.17. The van der Waals surface area contributed by atoms with Crippen LogP contribution in [0.5, 0.6) is 5.75 Å². The number of rotatable bonds is 5. The highest BCUT2D eigenvalue weighted by Gasteiger charge is 2.06. The Labute approximate surface area is 104 Å². The monoisotopic (exact) mass is 251 g/mol. The predicted molar refractivity (Wildman–Crippen MR) is 66.8 cm³/mol. The molecule has 0 aromatic heterocycles. The SMILES string of the molecule is COc1ccc(N)c(SCC(=O)NCC#N)c1. The summed E-state index contributed by atoms with van der Waals surface area (Å²) in [6.07, 6.45) is 0. The fourth-order valence-electron chi connectivity index (χ4n) is 1.10. The molecule has 3 N–H and O–H groups in total. The van der Waals surface area contributed by atoms with Crippen molar-refractivity contribution >= 4 is 23.4 Å². The number of methoxy groups -OCH3 is 1. The molecule has 6 heteroatoms. The quantitative estimate of drug-likeness (QED) is 0.463. The zero-order valence-electron chi connectivity index (χ0n) is 9.40. The number of carbonyl (C=O) groups is 1. The van der Waals surface area contributed by atoms with Gasteiger partial charge in [-0.2, -0.15) is 5.26 Å². The van der Waals surface area contributed by atoms with Gasteiger partial charge < -0.3 is 15.8 Å². The maximum atomic E-state index is 11.3. The van der Waals surface area contributed by atoms with E-state index in [1.165, 1.54) is 11.8 Å². The van der Waals surface area contributed by atoms with E-state index in [-0.39, 0.29) is 18.2 Å². The van der Waals surface area contributed by atoms with Gasteiger partial charge in [-0.05, 0) is 18.2 Å². The Bertz CT molecular complexity index is 443. The minimum absolute atomic E-state index is 0.0208. The lowest BCUT2D eigenvalue weighted by Crippen LogP contribution is -2.25. The number of ether oxygens (including phenoxy) is 1. The topological polar surface area (TPSA) is 88.1 Å². The number of hydrogen-bond donors (Lipinski definition) is 2. The highest BCUT2D eigenvalue weighted by molar-refractivity contribution is 8.00. The van der Waals surface area contributed by atoms with Crippen LogP contribution in [-0.4, -0.2) is 25.3 Å². The third-order valence-corrected chi connectivity index (χ3v) is 3.02. The van der Waals surface area contributed by atoms with Gasteiger partial charge in [0.15, 0.2) is 0 Å². The Hall–Kier alpha value is -1.87. The summed E-state index contributed by atoms with van der Waals surface area (Å²) < 4.78 is 5.07. The average molecular weight is 251 g/mol. The molecule has 0 spiro atoms. The van der Waals surface area contributed by atoms with Crippen molar-refractivity contribution in [1.82, 2.24) is 5.32 Å². The van der Waals surface area contributed by atoms with Crippen molar-refractivity contribution in [1.29, 1.82) is 5.26 Å². The number of nitrogens with zero attached hydrogens (tertiary/aromatic N) is 1. The average Bonchev–Trinajstić information content (AvgIpc) is 2.35. The van der Waals surface area contributed by atoms with Crippen LogP contribution >= 0.6 is 11.8 Å². The van der Waals surface area contributed by atoms with Crippen molar-refractivity contribution in [2.24, 2.45) is 0 Å². The molecular weight excluding hydrogens is 238 g/mol. The number of nitrogens with one attached hydrogen (secondary N) is 1. The lowest BCUT2D eigenvalue weighted by molar-refractivity contribution is -0.118. The molecule has 1 rings (SSSR count). The van der Waals surface area contributed by atoms with Crippen LogP contribution in [0.1, 0.15) is 0 Å². The molecule has 0 saturated heterocycles. The Morgan fingerprint density at radius 2 is 2.41 bits per heavy atom. The first-order valence-corrected chi connectivity index (χ1v) is 5.86. The summed E-state index contributed by atoms with van der Waals surface area (Å²) in [6.45, 7) is 0.0208. The molecule has 0 bridgehead atoms. The first kappa shape index (κ1) is 13.2. The van der Waals surface area contributed by atoms with Crippen LogP contribution in [0.4, 0.5) is 5.69 Å². The van der Waals surface area contributed by atoms with Gasteiger partial charge in [-0.3, -0.25) is 4.79 Å². The number of nitriles is 1. The van der Waals surface area contributed by atoms with Gasteiger partial charge in [0.05, 0.1) is 18.9 Å². The van der Waals surface area contributed by atoms with Crippen molar-refractivity contribution in [3.63, 3.8) is 0 Å². The van der Waals surface area contributed by atoms with Crippen molar-refractivity contribution in [2.45, 2.75) is 4.90 Å². The zero-order valence-corrected chi connectivity index (χ0v) is 10.2. The van der Waals surface area contributed by atoms with Crippen molar-refractivity contribution < 1.29 is 9.53 Å². The van der Waals surface area contributed by atoms with E-state index in [0.29, 0.717) is 11.4 Å². The van der Waals surface area contributed by atoms with Gasteiger partial charge in [-0.1, -0.05) is 0 Å². The van der Waals surface area contributed by atoms with Gasteiger partial charge in [0.2, 0.25) is 5.91 Å². The molecular formula is C11H13N3O2S. The maximum Gasteiger partial charge on any atom is 0.231 e. The molecule has 1 aromatic rings. The summed E-state index contributed by atoms with van der Waals surface area (Å²) >= 11 is 1.31. The lowest BCUT2D eigenvalue weighted by Gasteiger charge is -2.07. The van der Waals surface area contributed by atoms with Crippen LogP contribution in [0.25, 0.3) is 0 Å². The summed E-state index contributed by atoms with van der Waals surface area (Å²) in [4.78, 5) is 12.1. The molecule has 0 aliphatic heterocycles. The molecule has 0 atom stereocenters. The Balaban J connectivity index is 2.57. The first-order chi connectivity index (χ1) is 8.17. The molecule has 0 radical (unpaired) electrons. The second-order valence-corrected chi connectivity index (χ2v) is 4.14. The summed E-state index contributed by atoms with van der Waals surface area (Å²) in [5, 5.41) is 10.8. The molecule has 0 fully saturated rings. The Morgan fingerprint density at radius 3 is 3.06 bits per heavy atom. The highest BCUT2D eigenvalue weighted by atomic mass is 32.2. The molecule has 90 valence electrons. The molecule has 17 heavy (non-hydrogen) atoms. The zero-order chi connectivity index (χ0) is 12.7. The Morgan fingerprint density at radius 1 is 1.65 bits per heavy atom. The molecule has 1 aromatic carbocycles. The second kappa shape index (κ2) is 6.66. The van der Waals surface area contributed by atoms with Crippen LogP contribution in [0, 0.1) is 11.3 Å². The van der Waals surface area contributed by atoms with Crippen LogP contribution in [0.3, 0.4) is 0 Å². The minimum atomic E-state index is -0.196. The minimum Gasteiger partial charge on any atom is -0.497 e. The molecule has 0 saturated carbocycles. The van der Waals surface area contributed by atoms with E-state index >= 15 is 0 Å². The number of amides is 1. The molecule has 0 heterocycles. The van der Waals surface area contributed by atoms with Crippen molar-refractivity contribution in [3.8, 4) is 11.8 Å². The van der Waals surface area contributed by atoms with E-state index in [2.05, 4.69) is 5.32 Å². The van der Waals surface area contributed by atoms with Crippen LogP contribution in [0.15, 0.2) is 23.1 Å². The first-order valence-electron chi connectivity index (χ1n) is 4.87. The van der Waals surface area contributed by atoms with Gasteiger partial charge in [-0.15, -0.1) is 11.8 Å². The lowest BCUT2D eigenvalue weighted by atomic mass is 10.3. The van der Waals surface area contributed by atoms with Gasteiger partial charge >= 0.3 is 0 Å². The standard InChI is InChI=1S/C11H13N3O2S/c1-16-8-2-3-9(13)10(6-8)17-7-11(15)14-5-4-12/h2-3,6H,5,7,13H2,1H3,(H,14,15). The normalized spacial score (nSPS) is 9.41. The fraction of sp³-hybridized carbons (Fsp3) is 0.273. The van der Waals surface area contributed by atoms with E-state index in [9.17, 15) is 4.79 Å². The highest BCUT2D eigenvalue weighted by Crippen LogP contribution is 2.28. The van der Waals surface area contributed by atoms with E-state index in [1.807, 2.05) is 6.07 Å². The van der Waals surface area contributed by atoms with E-state index < -0.39 is 0 Å². The van der Waals surface area contributed by atoms with E-state index in [1.54, 1.807) is 25.3 Å². The van der Waals surface area contributed by atoms with Crippen LogP contribution < -0.4 is 15.8 Å². The number of nitrogen functional groups attached to an aromatic ring is 1. The fourth-order valence-corrected chi connectivity index (χ4v) is 1.92. The number of thioether (sulfide) groups is 1. The number of nitrogens with two attached hydrogens (primary N) is 1. The van der Waals surface area contributed by atoms with Crippen molar-refractivity contribution in [3.05, 3.63) is 18.2 Å². The van der Waals surface area contributed by atoms with Gasteiger partial charge in [0.25, 0.3) is 0 Å². The summed E-state index contributed by atoms with van der Waals surface area (Å²) in [5.41, 5.74) is 6.37. The van der Waals surface area contributed by atoms with Crippen LogP contribution in [0.2, 0.25) is 0 Å². The molecule has 0 aliphatic carbocycles. The number of anilines is 1. The second-order valence-electron chi connectivity index (χ2n) is 3.13. The largest absolute Gasteiger partial charge is 0.497 e. The number of benzene rings is 1. The van der Waals surface area contributed by atoms with Crippen molar-refractivity contribution in [2.75, 3.05) is 25.1 Å². The predicted octanol–water partition coefficient (Wildman–Crippen LogP) is 1.01. The molecule has 0 aliphatic rings. The number of hydrogen-bond acceptors (Lipinski definition) is 5. The molecule has 5 nitrogen and oxygen atoms in total. The maximum absolute atomic E-state index is 11.3. The van der Waals surface area contributed by atoms with E-state index in [0.717, 1.165) is 4.90 Å².